The van der Waals surface area contributed by atoms with E-state index in [9.17, 15) is 14.0 Å². The van der Waals surface area contributed by atoms with Gasteiger partial charge in [0.1, 0.15) is 11.4 Å². The van der Waals surface area contributed by atoms with Gasteiger partial charge >= 0.3 is 6.03 Å². The van der Waals surface area contributed by atoms with Crippen LogP contribution in [0.5, 0.6) is 0 Å². The zero-order valence-corrected chi connectivity index (χ0v) is 17.3. The van der Waals surface area contributed by atoms with Gasteiger partial charge in [-0.15, -0.1) is 0 Å². The van der Waals surface area contributed by atoms with Crippen molar-refractivity contribution in [3.63, 3.8) is 0 Å². The van der Waals surface area contributed by atoms with Crippen LogP contribution in [0.4, 0.5) is 9.18 Å². The third kappa shape index (κ3) is 4.78. The Balaban J connectivity index is 1.87. The number of carbonyl (C=O) groups is 2. The Morgan fingerprint density at radius 1 is 1.03 bits per heavy atom. The zero-order valence-electron chi connectivity index (χ0n) is 16.6. The third-order valence-electron chi connectivity index (χ3n) is 5.38. The van der Waals surface area contributed by atoms with E-state index in [0.29, 0.717) is 22.6 Å². The summed E-state index contributed by atoms with van der Waals surface area (Å²) in [5.41, 5.74) is 0.112. The molecule has 0 aliphatic carbocycles. The summed E-state index contributed by atoms with van der Waals surface area (Å²) in [4.78, 5) is 27.4. The van der Waals surface area contributed by atoms with Gasteiger partial charge in [-0.25, -0.2) is 9.18 Å². The van der Waals surface area contributed by atoms with Gasteiger partial charge in [-0.05, 0) is 41.8 Å². The lowest BCUT2D eigenvalue weighted by Crippen LogP contribution is -2.44. The fourth-order valence-corrected chi connectivity index (χ4v) is 4.03. The molecule has 0 aromatic heterocycles. The van der Waals surface area contributed by atoms with Gasteiger partial charge in [0.15, 0.2) is 0 Å². The summed E-state index contributed by atoms with van der Waals surface area (Å²) in [6, 6.07) is 12.6. The van der Waals surface area contributed by atoms with E-state index >= 15 is 0 Å². The van der Waals surface area contributed by atoms with Gasteiger partial charge in [0.25, 0.3) is 5.91 Å². The zero-order chi connectivity index (χ0) is 20.9. The van der Waals surface area contributed by atoms with Crippen molar-refractivity contribution in [1.82, 2.24) is 10.2 Å². The summed E-state index contributed by atoms with van der Waals surface area (Å²) in [5.74, 6) is -0.712. The van der Waals surface area contributed by atoms with Crippen LogP contribution in [0.1, 0.15) is 56.6 Å². The standard InChI is InChI=1S/C23H26ClFN2O2/c1-2-3-4-5-6-13-23(18-10-8-11-19(24)15-18)21(28)27(22(29)26-23)16-17-9-7-12-20(25)14-17/h7-12,14-15H,2-6,13,16H2,1H3,(H,26,29). The normalized spacial score (nSPS) is 18.9. The molecule has 3 amide bonds. The minimum Gasteiger partial charge on any atom is -0.319 e. The summed E-state index contributed by atoms with van der Waals surface area (Å²) in [5, 5.41) is 3.43. The van der Waals surface area contributed by atoms with Crippen LogP contribution in [0.15, 0.2) is 48.5 Å². The molecule has 0 spiro atoms. The van der Waals surface area contributed by atoms with Gasteiger partial charge in [0.2, 0.25) is 0 Å². The molecule has 0 bridgehead atoms. The van der Waals surface area contributed by atoms with Crippen molar-refractivity contribution in [2.45, 2.75) is 57.5 Å². The lowest BCUT2D eigenvalue weighted by atomic mass is 9.84. The average molecular weight is 417 g/mol. The van der Waals surface area contributed by atoms with Gasteiger partial charge in [0.05, 0.1) is 6.54 Å². The number of imide groups is 1. The Labute approximate surface area is 176 Å². The molecule has 29 heavy (non-hydrogen) atoms. The molecule has 3 rings (SSSR count). The summed E-state index contributed by atoms with van der Waals surface area (Å²) in [7, 11) is 0. The molecular weight excluding hydrogens is 391 g/mol. The molecule has 2 aromatic carbocycles. The van der Waals surface area contributed by atoms with Crippen LogP contribution in [0.2, 0.25) is 5.02 Å². The molecule has 4 nitrogen and oxygen atoms in total. The van der Waals surface area contributed by atoms with E-state index < -0.39 is 17.4 Å². The predicted octanol–water partition coefficient (Wildman–Crippen LogP) is 5.79. The summed E-state index contributed by atoms with van der Waals surface area (Å²) >= 11 is 6.18. The van der Waals surface area contributed by atoms with E-state index in [-0.39, 0.29) is 12.5 Å². The lowest BCUT2D eigenvalue weighted by Gasteiger charge is -2.27. The first-order valence-electron chi connectivity index (χ1n) is 10.1. The number of benzene rings is 2. The number of hydrogen-bond donors (Lipinski definition) is 1. The highest BCUT2D eigenvalue weighted by atomic mass is 35.5. The molecule has 0 radical (unpaired) electrons. The van der Waals surface area contributed by atoms with Crippen molar-refractivity contribution in [2.75, 3.05) is 0 Å². The second-order valence-corrected chi connectivity index (χ2v) is 7.97. The second kappa shape index (κ2) is 9.40. The van der Waals surface area contributed by atoms with Crippen molar-refractivity contribution in [1.29, 1.82) is 0 Å². The Hall–Kier alpha value is -2.40. The van der Waals surface area contributed by atoms with Crippen LogP contribution in [0, 0.1) is 5.82 Å². The van der Waals surface area contributed by atoms with Crippen LogP contribution in [0.3, 0.4) is 0 Å². The number of carbonyl (C=O) groups excluding carboxylic acids is 2. The van der Waals surface area contributed by atoms with E-state index in [0.717, 1.165) is 32.1 Å². The topological polar surface area (TPSA) is 49.4 Å². The minimum atomic E-state index is -1.14. The molecule has 1 aliphatic heterocycles. The van der Waals surface area contributed by atoms with Gasteiger partial charge in [-0.2, -0.15) is 0 Å². The van der Waals surface area contributed by atoms with Crippen LogP contribution in [-0.2, 0) is 16.9 Å². The van der Waals surface area contributed by atoms with E-state index in [1.807, 2.05) is 6.07 Å². The van der Waals surface area contributed by atoms with Crippen molar-refractivity contribution in [2.24, 2.45) is 0 Å². The van der Waals surface area contributed by atoms with Crippen molar-refractivity contribution in [3.8, 4) is 0 Å². The van der Waals surface area contributed by atoms with Gasteiger partial charge in [0, 0.05) is 5.02 Å². The predicted molar refractivity (Wildman–Crippen MR) is 112 cm³/mol. The van der Waals surface area contributed by atoms with E-state index in [4.69, 9.17) is 11.6 Å². The molecule has 1 aliphatic rings. The number of amides is 3. The van der Waals surface area contributed by atoms with Crippen LogP contribution >= 0.6 is 11.6 Å². The van der Waals surface area contributed by atoms with E-state index in [2.05, 4.69) is 12.2 Å². The summed E-state index contributed by atoms with van der Waals surface area (Å²) < 4.78 is 13.5. The first-order valence-corrected chi connectivity index (χ1v) is 10.5. The van der Waals surface area contributed by atoms with Crippen LogP contribution in [0.25, 0.3) is 0 Å². The number of hydrogen-bond acceptors (Lipinski definition) is 2. The van der Waals surface area contributed by atoms with Gasteiger partial charge < -0.3 is 5.32 Å². The molecule has 1 saturated heterocycles. The molecule has 1 atom stereocenters. The fourth-order valence-electron chi connectivity index (χ4n) is 3.84. The highest BCUT2D eigenvalue weighted by molar-refractivity contribution is 6.30. The number of nitrogens with zero attached hydrogens (tertiary/aromatic N) is 1. The Kier molecular flexibility index (Phi) is 6.91. The smallest absolute Gasteiger partial charge is 0.319 e. The number of rotatable bonds is 9. The molecule has 154 valence electrons. The Morgan fingerprint density at radius 3 is 2.52 bits per heavy atom. The maximum absolute atomic E-state index is 13.5. The Morgan fingerprint density at radius 2 is 1.79 bits per heavy atom. The molecule has 6 heteroatoms. The number of urea groups is 1. The fraction of sp³-hybridized carbons (Fsp3) is 0.391. The highest BCUT2D eigenvalue weighted by Gasteiger charge is 2.51. The molecule has 1 N–H and O–H groups in total. The molecule has 2 aromatic rings. The van der Waals surface area contributed by atoms with E-state index in [1.54, 1.807) is 30.3 Å². The number of nitrogens with one attached hydrogen (secondary N) is 1. The highest BCUT2D eigenvalue weighted by Crippen LogP contribution is 2.36. The molecule has 1 fully saturated rings. The first kappa shape index (κ1) is 21.3. The van der Waals surface area contributed by atoms with Crippen LogP contribution in [-0.4, -0.2) is 16.8 Å². The summed E-state index contributed by atoms with van der Waals surface area (Å²) in [6.45, 7) is 2.18. The summed E-state index contributed by atoms with van der Waals surface area (Å²) in [6.07, 6.45) is 5.68. The number of halogens is 2. The Bertz CT molecular complexity index is 889. The number of unbranched alkanes of at least 4 members (excludes halogenated alkanes) is 4. The molecule has 1 unspecified atom stereocenters. The van der Waals surface area contributed by atoms with Crippen LogP contribution < -0.4 is 5.32 Å². The first-order chi connectivity index (χ1) is 14.0. The maximum atomic E-state index is 13.5. The quantitative estimate of drug-likeness (QED) is 0.415. The SMILES string of the molecule is CCCCCCCC1(c2cccc(Cl)c2)NC(=O)N(Cc2cccc(F)c2)C1=O. The van der Waals surface area contributed by atoms with Gasteiger partial charge in [-0.3, -0.25) is 9.69 Å². The molecule has 1 heterocycles. The second-order valence-electron chi connectivity index (χ2n) is 7.53. The minimum absolute atomic E-state index is 0.0284. The molecule has 0 saturated carbocycles. The van der Waals surface area contributed by atoms with Crippen molar-refractivity contribution in [3.05, 3.63) is 70.5 Å². The van der Waals surface area contributed by atoms with Gasteiger partial charge in [-0.1, -0.05) is 74.9 Å². The largest absolute Gasteiger partial charge is 0.325 e. The van der Waals surface area contributed by atoms with Crippen molar-refractivity contribution < 1.29 is 14.0 Å². The maximum Gasteiger partial charge on any atom is 0.325 e. The van der Waals surface area contributed by atoms with E-state index in [1.165, 1.54) is 17.0 Å². The third-order valence-corrected chi connectivity index (χ3v) is 5.61. The molecular formula is C23H26ClFN2O2. The average Bonchev–Trinajstić information content (AvgIpc) is 2.93. The monoisotopic (exact) mass is 416 g/mol. The van der Waals surface area contributed by atoms with Crippen molar-refractivity contribution >= 4 is 23.5 Å². The lowest BCUT2D eigenvalue weighted by molar-refractivity contribution is -0.132.